The van der Waals surface area contributed by atoms with Gasteiger partial charge in [0.15, 0.2) is 0 Å². The van der Waals surface area contributed by atoms with Crippen LogP contribution in [0.15, 0.2) is 13.2 Å². The van der Waals surface area contributed by atoms with Crippen LogP contribution in [-0.2, 0) is 0 Å². The van der Waals surface area contributed by atoms with Crippen LogP contribution >= 0.6 is 0 Å². The van der Waals surface area contributed by atoms with Gasteiger partial charge in [-0.1, -0.05) is 27.2 Å². The van der Waals surface area contributed by atoms with E-state index in [-0.39, 0.29) is 0 Å². The summed E-state index contributed by atoms with van der Waals surface area (Å²) >= 11 is 0. The molecule has 1 heteroatoms. The summed E-state index contributed by atoms with van der Waals surface area (Å²) in [4.78, 5) is 0. The largest absolute Gasteiger partial charge is 0.320 e. The summed E-state index contributed by atoms with van der Waals surface area (Å²) in [5, 5.41) is 2.93. The lowest BCUT2D eigenvalue weighted by molar-refractivity contribution is 0.864. The quantitative estimate of drug-likeness (QED) is 0.539. The predicted octanol–water partition coefficient (Wildman–Crippen LogP) is 2.44. The summed E-state index contributed by atoms with van der Waals surface area (Å²) in [5.41, 5.74) is 0. The van der Waals surface area contributed by atoms with Crippen molar-refractivity contribution in [2.24, 2.45) is 0 Å². The summed E-state index contributed by atoms with van der Waals surface area (Å²) in [6.45, 7) is 13.4. The minimum Gasteiger partial charge on any atom is -0.320 e. The van der Waals surface area contributed by atoms with Crippen LogP contribution in [-0.4, -0.2) is 13.6 Å². The fourth-order valence-electron chi connectivity index (χ4n) is 0. The fourth-order valence-corrected chi connectivity index (χ4v) is 0. The van der Waals surface area contributed by atoms with E-state index in [9.17, 15) is 0 Å². The molecule has 1 nitrogen and oxygen atoms in total. The molecule has 0 aromatic carbocycles. The molecule has 0 unspecified atom stereocenters. The van der Waals surface area contributed by atoms with E-state index in [2.05, 4.69) is 39.2 Å². The molecule has 0 saturated heterocycles. The highest BCUT2D eigenvalue weighted by Crippen LogP contribution is 1.56. The molecule has 0 radical (unpaired) electrons. The van der Waals surface area contributed by atoms with Gasteiger partial charge in [-0.25, -0.2) is 0 Å². The van der Waals surface area contributed by atoms with Gasteiger partial charge in [0, 0.05) is 0 Å². The third-order valence-electron chi connectivity index (χ3n) is 0.354. The van der Waals surface area contributed by atoms with Crippen LogP contribution in [0.4, 0.5) is 0 Å². The van der Waals surface area contributed by atoms with Gasteiger partial charge in [-0.3, -0.25) is 0 Å². The monoisotopic (exact) mass is 131 g/mol. The van der Waals surface area contributed by atoms with Crippen molar-refractivity contribution in [3.05, 3.63) is 13.2 Å². The van der Waals surface area contributed by atoms with Gasteiger partial charge in [0.25, 0.3) is 0 Å². The maximum atomic E-state index is 3.00. The van der Waals surface area contributed by atoms with Crippen molar-refractivity contribution in [2.75, 3.05) is 13.6 Å². The van der Waals surface area contributed by atoms with Gasteiger partial charge in [0.05, 0.1) is 0 Å². The molecule has 0 aromatic rings. The minimum absolute atomic E-state index is 1.07. The smallest absolute Gasteiger partial charge is 0.00804 e. The van der Waals surface area contributed by atoms with E-state index in [1.165, 1.54) is 6.42 Å². The molecule has 9 heavy (non-hydrogen) atoms. The summed E-state index contributed by atoms with van der Waals surface area (Å²) in [6.07, 6.45) is 1.25. The van der Waals surface area contributed by atoms with Crippen molar-refractivity contribution in [1.29, 1.82) is 0 Å². The molecule has 0 bridgehead atoms. The molecule has 0 saturated carbocycles. The van der Waals surface area contributed by atoms with Crippen molar-refractivity contribution in [2.45, 2.75) is 27.2 Å². The summed E-state index contributed by atoms with van der Waals surface area (Å²) < 4.78 is 0. The highest BCUT2D eigenvalue weighted by atomic mass is 14.8. The van der Waals surface area contributed by atoms with E-state index in [0.29, 0.717) is 0 Å². The lowest BCUT2D eigenvalue weighted by Gasteiger charge is -1.76. The maximum Gasteiger partial charge on any atom is -0.00804 e. The first kappa shape index (κ1) is 15.9. The van der Waals surface area contributed by atoms with E-state index in [4.69, 9.17) is 0 Å². The minimum atomic E-state index is 1.07. The standard InChI is InChI=1S/C3H9N.C3H8.C2H4/c1-3-4-2;1-3-2;1-2/h4H,3H2,1-2H3;3H2,1-2H3;1-2H2. The average Bonchev–Trinajstić information content (AvgIpc) is 1.94. The summed E-state index contributed by atoms with van der Waals surface area (Å²) in [6, 6.07) is 0. The molecule has 0 aromatic heterocycles. The first-order valence-corrected chi connectivity index (χ1v) is 3.47. The molecule has 0 aliphatic rings. The molecule has 0 aliphatic heterocycles. The first-order valence-electron chi connectivity index (χ1n) is 3.47. The molecule has 0 rings (SSSR count). The number of rotatable bonds is 1. The molecule has 0 fully saturated rings. The third-order valence-corrected chi connectivity index (χ3v) is 0.354. The van der Waals surface area contributed by atoms with Crippen LogP contribution in [0.2, 0.25) is 0 Å². The Morgan fingerprint density at radius 3 is 1.22 bits per heavy atom. The van der Waals surface area contributed by atoms with Crippen LogP contribution in [0.3, 0.4) is 0 Å². The van der Waals surface area contributed by atoms with Crippen molar-refractivity contribution in [1.82, 2.24) is 5.32 Å². The third kappa shape index (κ3) is 511. The van der Waals surface area contributed by atoms with Crippen LogP contribution in [0, 0.1) is 0 Å². The lowest BCUT2D eigenvalue weighted by atomic mass is 10.6. The summed E-state index contributed by atoms with van der Waals surface area (Å²) in [7, 11) is 1.93. The normalized spacial score (nSPS) is 5.78. The van der Waals surface area contributed by atoms with Crippen molar-refractivity contribution in [3.63, 3.8) is 0 Å². The number of nitrogens with one attached hydrogen (secondary N) is 1. The number of hydrogen-bond donors (Lipinski definition) is 1. The van der Waals surface area contributed by atoms with Crippen LogP contribution in [0.25, 0.3) is 0 Å². The molecular weight excluding hydrogens is 110 g/mol. The fraction of sp³-hybridized carbons (Fsp3) is 0.750. The Labute approximate surface area is 60.2 Å². The first-order chi connectivity index (χ1) is 4.33. The van der Waals surface area contributed by atoms with E-state index < -0.39 is 0 Å². The van der Waals surface area contributed by atoms with Gasteiger partial charge in [-0.2, -0.15) is 0 Å². The Balaban J connectivity index is -0.0000000646. The van der Waals surface area contributed by atoms with Crippen LogP contribution in [0.5, 0.6) is 0 Å². The van der Waals surface area contributed by atoms with E-state index in [1.54, 1.807) is 0 Å². The zero-order valence-electron chi connectivity index (χ0n) is 7.33. The SMILES string of the molecule is C=C.CCC.CCNC. The Hall–Kier alpha value is -0.300. The van der Waals surface area contributed by atoms with E-state index >= 15 is 0 Å². The Morgan fingerprint density at radius 1 is 1.11 bits per heavy atom. The molecule has 0 aliphatic carbocycles. The topological polar surface area (TPSA) is 12.0 Å². The molecule has 1 N–H and O–H groups in total. The highest BCUT2D eigenvalue weighted by Gasteiger charge is 1.50. The van der Waals surface area contributed by atoms with E-state index in [0.717, 1.165) is 6.54 Å². The predicted molar refractivity (Wildman–Crippen MR) is 46.8 cm³/mol. The molecule has 0 amide bonds. The van der Waals surface area contributed by atoms with Crippen molar-refractivity contribution in [3.8, 4) is 0 Å². The van der Waals surface area contributed by atoms with Gasteiger partial charge in [0.1, 0.15) is 0 Å². The van der Waals surface area contributed by atoms with Gasteiger partial charge >= 0.3 is 0 Å². The Morgan fingerprint density at radius 2 is 1.22 bits per heavy atom. The second kappa shape index (κ2) is 47.4. The number of hydrogen-bond acceptors (Lipinski definition) is 1. The molecule has 0 atom stereocenters. The van der Waals surface area contributed by atoms with Crippen molar-refractivity contribution >= 4 is 0 Å². The summed E-state index contributed by atoms with van der Waals surface area (Å²) in [5.74, 6) is 0. The average molecular weight is 131 g/mol. The van der Waals surface area contributed by atoms with Crippen LogP contribution < -0.4 is 5.32 Å². The van der Waals surface area contributed by atoms with Gasteiger partial charge in [-0.15, -0.1) is 13.2 Å². The Kier molecular flexibility index (Phi) is 83.6. The molecule has 0 heterocycles. The molecule has 0 spiro atoms. The van der Waals surface area contributed by atoms with Gasteiger partial charge in [-0.05, 0) is 13.6 Å². The van der Waals surface area contributed by atoms with E-state index in [1.807, 2.05) is 7.05 Å². The highest BCUT2D eigenvalue weighted by molar-refractivity contribution is 4.22. The van der Waals surface area contributed by atoms with Crippen LogP contribution in [0.1, 0.15) is 27.2 Å². The zero-order chi connectivity index (χ0) is 8.12. The molecule has 58 valence electrons. The second-order valence-corrected chi connectivity index (χ2v) is 1.41. The lowest BCUT2D eigenvalue weighted by Crippen LogP contribution is -2.01. The van der Waals surface area contributed by atoms with Crippen molar-refractivity contribution < 1.29 is 0 Å². The maximum absolute atomic E-state index is 3.00. The second-order valence-electron chi connectivity index (χ2n) is 1.41. The van der Waals surface area contributed by atoms with Gasteiger partial charge < -0.3 is 5.32 Å². The molecular formula is C8H21N. The van der Waals surface area contributed by atoms with Gasteiger partial charge in [0.2, 0.25) is 0 Å². The Bertz CT molecular complexity index is 18.5. The zero-order valence-corrected chi connectivity index (χ0v) is 7.33.